The van der Waals surface area contributed by atoms with Gasteiger partial charge >= 0.3 is 6.18 Å². The summed E-state index contributed by atoms with van der Waals surface area (Å²) in [7, 11) is 0. The molecule has 0 saturated heterocycles. The lowest BCUT2D eigenvalue weighted by molar-refractivity contribution is -0.118. The van der Waals surface area contributed by atoms with Crippen LogP contribution in [0.5, 0.6) is 57.5 Å². The van der Waals surface area contributed by atoms with Gasteiger partial charge in [-0.15, -0.1) is 0 Å². The molecule has 0 radical (unpaired) electrons. The first kappa shape index (κ1) is 78.3. The predicted octanol–water partition coefficient (Wildman–Crippen LogP) is 29.7. The minimum atomic E-state index is -4.31. The van der Waals surface area contributed by atoms with Crippen LogP contribution in [0.3, 0.4) is 0 Å². The molecule has 1 aromatic heterocycles. The fourth-order valence-corrected chi connectivity index (χ4v) is 13.4. The second-order valence-corrected chi connectivity index (χ2v) is 32.6. The minimum absolute atomic E-state index is 0.0245. The van der Waals surface area contributed by atoms with E-state index in [1.165, 1.54) is 60.5 Å². The Hall–Kier alpha value is -9.81. The van der Waals surface area contributed by atoms with Crippen molar-refractivity contribution < 1.29 is 36.9 Å². The number of nitrogens with zero attached hydrogens (tertiary/aromatic N) is 3. The number of anilines is 4. The second kappa shape index (κ2) is 32.3. The number of hydrogen-bond acceptors (Lipinski definition) is 9. The van der Waals surface area contributed by atoms with E-state index in [0.29, 0.717) is 70.2 Å². The third kappa shape index (κ3) is 18.1. The van der Waals surface area contributed by atoms with E-state index in [-0.39, 0.29) is 17.3 Å². The molecule has 9 nitrogen and oxygen atoms in total. The Morgan fingerprint density at radius 2 is 0.626 bits per heavy atom. The summed E-state index contributed by atoms with van der Waals surface area (Å²) in [5.74, 6) is 12.5. The molecule has 107 heavy (non-hydrogen) atoms. The zero-order valence-corrected chi connectivity index (χ0v) is 66.8. The molecule has 0 aliphatic carbocycles. The highest BCUT2D eigenvalue weighted by Gasteiger charge is 2.38. The molecule has 5 heterocycles. The lowest BCUT2D eigenvalue weighted by atomic mass is 9.74. The van der Waals surface area contributed by atoms with Gasteiger partial charge < -0.3 is 33.9 Å². The summed E-state index contributed by atoms with van der Waals surface area (Å²) in [5.41, 5.74) is 22.0. The average molecular weight is 1440 g/mol. The molecule has 0 unspecified atom stereocenters. The van der Waals surface area contributed by atoms with Gasteiger partial charge in [-0.3, -0.25) is 0 Å². The van der Waals surface area contributed by atoms with Crippen LogP contribution < -0.4 is 33.9 Å². The summed E-state index contributed by atoms with van der Waals surface area (Å²) >= 11 is 0. The van der Waals surface area contributed by atoms with Crippen LogP contribution in [0.25, 0.3) is 22.1 Å². The Morgan fingerprint density at radius 3 is 1.10 bits per heavy atom. The third-order valence-corrected chi connectivity index (χ3v) is 20.7. The van der Waals surface area contributed by atoms with Crippen molar-refractivity contribution in [2.45, 2.75) is 223 Å². The average Bonchev–Trinajstić information content (AvgIpc) is 0.713. The smallest absolute Gasteiger partial charge is 0.406 e. The van der Waals surface area contributed by atoms with Crippen LogP contribution in [0.15, 0.2) is 182 Å². The van der Waals surface area contributed by atoms with Crippen molar-refractivity contribution in [3.8, 4) is 57.5 Å². The van der Waals surface area contributed by atoms with Crippen LogP contribution in [0.4, 0.5) is 35.9 Å². The first-order chi connectivity index (χ1) is 50.6. The fraction of sp³-hybridized carbons (Fsp3) is 0.368. The number of fused-ring (bicyclic) bond motifs is 10. The minimum Gasteiger partial charge on any atom is -0.457 e. The van der Waals surface area contributed by atoms with Crippen molar-refractivity contribution >= 4 is 44.8 Å². The van der Waals surface area contributed by atoms with E-state index in [9.17, 15) is 13.2 Å². The highest BCUT2D eigenvalue weighted by atomic mass is 19.4. The molecule has 11 aromatic rings. The van der Waals surface area contributed by atoms with E-state index in [4.69, 9.17) is 33.7 Å². The molecule has 0 fully saturated rings. The fourth-order valence-electron chi connectivity index (χ4n) is 13.4. The number of halogens is 3. The predicted molar refractivity (Wildman–Crippen MR) is 438 cm³/mol. The highest BCUT2D eigenvalue weighted by molar-refractivity contribution is 5.87. The van der Waals surface area contributed by atoms with E-state index in [1.807, 2.05) is 58.0 Å². The van der Waals surface area contributed by atoms with Crippen molar-refractivity contribution in [2.24, 2.45) is 0 Å². The summed E-state index contributed by atoms with van der Waals surface area (Å²) in [6, 6.07) is 62.1. The lowest BCUT2D eigenvalue weighted by Gasteiger charge is -2.35. The van der Waals surface area contributed by atoms with E-state index < -0.39 is 12.7 Å². The van der Waals surface area contributed by atoms with E-state index in [1.54, 1.807) is 18.2 Å². The number of benzene rings is 10. The Bertz CT molecular complexity index is 4710. The van der Waals surface area contributed by atoms with Gasteiger partial charge in [0, 0.05) is 16.5 Å². The maximum Gasteiger partial charge on any atom is 0.406 e. The molecule has 0 spiro atoms. The Balaban J connectivity index is 0.000000134. The van der Waals surface area contributed by atoms with Crippen LogP contribution in [0.2, 0.25) is 0 Å². The van der Waals surface area contributed by atoms with Crippen LogP contribution >= 0.6 is 0 Å². The quantitative estimate of drug-likeness (QED) is 0.127. The van der Waals surface area contributed by atoms with Gasteiger partial charge in [0.05, 0.1) is 44.8 Å². The van der Waals surface area contributed by atoms with Gasteiger partial charge in [-0.1, -0.05) is 225 Å². The molecular weight excluding hydrogens is 1330 g/mol. The van der Waals surface area contributed by atoms with Crippen LogP contribution in [-0.2, 0) is 5.41 Å². The number of nitrogens with one attached hydrogen (secondary N) is 1. The molecule has 4 aliphatic rings. The van der Waals surface area contributed by atoms with Gasteiger partial charge in [0.2, 0.25) is 0 Å². The first-order valence-electron chi connectivity index (χ1n) is 38.4. The topological polar surface area (TPSA) is 87.2 Å². The monoisotopic (exact) mass is 1440 g/mol. The molecule has 10 aromatic carbocycles. The van der Waals surface area contributed by atoms with Gasteiger partial charge in [0.1, 0.15) is 18.0 Å². The second-order valence-electron chi connectivity index (χ2n) is 32.6. The van der Waals surface area contributed by atoms with Crippen LogP contribution in [0.1, 0.15) is 278 Å². The summed E-state index contributed by atoms with van der Waals surface area (Å²) in [5, 5.41) is 3.48. The van der Waals surface area contributed by atoms with Gasteiger partial charge in [0.25, 0.3) is 0 Å². The maximum absolute atomic E-state index is 13.2. The Kier molecular flexibility index (Phi) is 23.6. The van der Waals surface area contributed by atoms with Crippen molar-refractivity contribution in [3.63, 3.8) is 0 Å². The normalized spacial score (nSPS) is 13.4. The maximum atomic E-state index is 13.2. The Labute approximate surface area is 634 Å². The van der Waals surface area contributed by atoms with Gasteiger partial charge in [-0.25, -0.2) is 9.97 Å². The van der Waals surface area contributed by atoms with Crippen molar-refractivity contribution in [1.29, 1.82) is 0 Å². The lowest BCUT2D eigenvalue weighted by Crippen LogP contribution is -2.32. The molecule has 1 N–H and O–H groups in total. The van der Waals surface area contributed by atoms with E-state index in [2.05, 4.69) is 263 Å². The summed E-state index contributed by atoms with van der Waals surface area (Å²) in [4.78, 5) is 10.8. The van der Waals surface area contributed by atoms with Crippen molar-refractivity contribution in [1.82, 2.24) is 9.97 Å². The zero-order chi connectivity index (χ0) is 77.2. The van der Waals surface area contributed by atoms with E-state index in [0.717, 1.165) is 90.6 Å². The molecule has 0 amide bonds. The Morgan fingerprint density at radius 1 is 0.290 bits per heavy atom. The molecule has 0 saturated carbocycles. The number of alkyl halides is 3. The highest BCUT2D eigenvalue weighted by Crippen LogP contribution is 2.53. The first-order valence-corrected chi connectivity index (χ1v) is 38.4. The van der Waals surface area contributed by atoms with Crippen LogP contribution in [0, 0.1) is 0 Å². The molecule has 12 heteroatoms. The van der Waals surface area contributed by atoms with Gasteiger partial charge in [-0.05, 0) is 224 Å². The SMILES string of the molecule is CC(C)c1ccc2c(c1)Nc1ccc(C(C)C)cc1O2.CC(C)c1ccc2c(c1)Oc1ccc(C(C)C)cc1C2(C)C.CC(C)c1ccc2c(c1)Oc1ccc(C(C)C)cc1N2CC(F)(F)F.CC(C)c1ccc2c(c1)Oc1ccc(C(C)C)cc1O2.CC(C)c1ccc2nc3cc(C(C)C)ccc3nc2c1. The number of ether oxygens (including phenoxy) is 5. The number of aromatic nitrogens is 2. The van der Waals surface area contributed by atoms with Gasteiger partial charge in [0.15, 0.2) is 46.0 Å². The van der Waals surface area contributed by atoms with Crippen molar-refractivity contribution in [3.05, 3.63) is 249 Å². The number of rotatable bonds is 11. The summed E-state index contributed by atoms with van der Waals surface area (Å²) in [6.07, 6.45) is -4.31. The molecule has 15 rings (SSSR count). The van der Waals surface area contributed by atoms with Crippen LogP contribution in [-0.4, -0.2) is 22.7 Å². The standard InChI is InChI=1S/C21H26O.C20H22F3NO.C18H20N2.C18H21NO.C18H20O2/c1-13(2)15-8-10-19-18(11-15)21(5,6)17-9-7-16(14(3)4)12-20(17)22-19;1-12(2)14-6-8-18-17(9-14)24(11-20(21,22)23)16-7-5-15(13(3)4)10-19(16)25-18;1-11(2)13-5-7-15-17(9-13)19-16-8-6-14(12(3)4)10-18(16)20-15;1-11(2)13-6-8-17-16(9-13)19-15-7-5-14(12(3)4)10-18(15)20-17;1-11(2)13-5-7-15-17(9-13)19-16-8-6-14(12(3)4)10-18(16)20-15/h7-14H,1-6H3;5-10,12-13H,11H2,1-4H3;5-12H,1-4H3;5-12,19H,1-4H3;5-12H,1-4H3. The largest absolute Gasteiger partial charge is 0.457 e. The summed E-state index contributed by atoms with van der Waals surface area (Å²) in [6.45, 7) is 46.9. The summed E-state index contributed by atoms with van der Waals surface area (Å²) < 4.78 is 69.8. The molecular formula is C95H109F3N4O5. The van der Waals surface area contributed by atoms with Gasteiger partial charge in [-0.2, -0.15) is 13.2 Å². The number of hydrogen-bond donors (Lipinski definition) is 1. The van der Waals surface area contributed by atoms with Crippen molar-refractivity contribution in [2.75, 3.05) is 16.8 Å². The molecule has 560 valence electrons. The van der Waals surface area contributed by atoms with E-state index >= 15 is 0 Å². The zero-order valence-electron chi connectivity index (χ0n) is 66.8. The third-order valence-electron chi connectivity index (χ3n) is 20.7. The molecule has 4 aliphatic heterocycles. The molecule has 0 atom stereocenters. The molecule has 0 bridgehead atoms.